The van der Waals surface area contributed by atoms with Crippen LogP contribution in [0.15, 0.2) is 23.6 Å². The Kier molecular flexibility index (Phi) is 4.73. The number of azide groups is 1. The summed E-state index contributed by atoms with van der Waals surface area (Å²) in [6.45, 7) is 0.748. The van der Waals surface area contributed by atoms with E-state index in [1.165, 1.54) is 0 Å². The van der Waals surface area contributed by atoms with E-state index in [0.717, 1.165) is 17.8 Å². The summed E-state index contributed by atoms with van der Waals surface area (Å²) in [7, 11) is 0. The van der Waals surface area contributed by atoms with Gasteiger partial charge in [-0.05, 0) is 17.6 Å². The Morgan fingerprint density at radius 1 is 1.18 bits per heavy atom. The minimum absolute atomic E-state index is 0.300. The lowest BCUT2D eigenvalue weighted by Crippen LogP contribution is -2.34. The Hall–Kier alpha value is -3.54. The van der Waals surface area contributed by atoms with Crippen molar-refractivity contribution in [2.24, 2.45) is 5.11 Å². The molecule has 0 bridgehead atoms. The number of nitrogens with zero attached hydrogens (tertiary/aromatic N) is 7. The van der Waals surface area contributed by atoms with Gasteiger partial charge in [-0.2, -0.15) is 27.8 Å². The molecule has 0 saturated carbocycles. The summed E-state index contributed by atoms with van der Waals surface area (Å²) in [5.74, 6) is -5.72. The van der Waals surface area contributed by atoms with Crippen LogP contribution in [-0.2, 0) is 0 Å². The van der Waals surface area contributed by atoms with Crippen LogP contribution in [0.1, 0.15) is 6.92 Å². The lowest BCUT2D eigenvalue weighted by atomic mass is 10.0. The molecule has 0 amide bonds. The molecule has 28 heavy (non-hydrogen) atoms. The van der Waals surface area contributed by atoms with Crippen molar-refractivity contribution in [3.8, 4) is 11.1 Å². The maximum atomic E-state index is 14.4. The van der Waals surface area contributed by atoms with Gasteiger partial charge in [-0.15, -0.1) is 0 Å². The lowest BCUT2D eigenvalue weighted by molar-refractivity contribution is -0.138. The lowest BCUT2D eigenvalue weighted by Gasteiger charge is -2.22. The first-order valence-corrected chi connectivity index (χ1v) is 7.40. The molecule has 1 aromatic carbocycles. The minimum Gasteiger partial charge on any atom is -0.358 e. The molecule has 2 heterocycles. The van der Waals surface area contributed by atoms with Gasteiger partial charge in [0.25, 0.3) is 5.78 Å². The third-order valence-corrected chi connectivity index (χ3v) is 3.65. The molecule has 0 aliphatic heterocycles. The fraction of sp³-hybridized carbons (Fsp3) is 0.214. The van der Waals surface area contributed by atoms with Crippen molar-refractivity contribution in [1.29, 1.82) is 0 Å². The quantitative estimate of drug-likeness (QED) is 0.300. The predicted octanol–water partition coefficient (Wildman–Crippen LogP) is 4.51. The van der Waals surface area contributed by atoms with E-state index in [2.05, 4.69) is 25.1 Å². The second-order valence-corrected chi connectivity index (χ2v) is 5.47. The highest BCUT2D eigenvalue weighted by atomic mass is 19.4. The number of halogens is 6. The molecule has 8 nitrogen and oxygen atoms in total. The third kappa shape index (κ3) is 3.36. The average Bonchev–Trinajstić information content (AvgIpc) is 3.03. The molecule has 146 valence electrons. The van der Waals surface area contributed by atoms with Crippen LogP contribution >= 0.6 is 0 Å². The summed E-state index contributed by atoms with van der Waals surface area (Å²) < 4.78 is 81.9. The summed E-state index contributed by atoms with van der Waals surface area (Å²) in [5, 5.41) is 8.90. The second-order valence-electron chi connectivity index (χ2n) is 5.47. The van der Waals surface area contributed by atoms with Gasteiger partial charge >= 0.3 is 6.18 Å². The highest BCUT2D eigenvalue weighted by Gasteiger charge is 2.37. The van der Waals surface area contributed by atoms with E-state index in [1.54, 1.807) is 0 Å². The van der Waals surface area contributed by atoms with Crippen molar-refractivity contribution in [3.63, 3.8) is 0 Å². The van der Waals surface area contributed by atoms with E-state index in [4.69, 9.17) is 5.53 Å². The Labute approximate surface area is 151 Å². The first kappa shape index (κ1) is 19.2. The number of alkyl halides is 3. The van der Waals surface area contributed by atoms with E-state index in [1.807, 2.05) is 5.32 Å². The van der Waals surface area contributed by atoms with Crippen LogP contribution in [0.3, 0.4) is 0 Å². The number of benzene rings is 1. The van der Waals surface area contributed by atoms with Gasteiger partial charge in [0.15, 0.2) is 0 Å². The smallest absolute Gasteiger partial charge is 0.358 e. The molecule has 0 radical (unpaired) electrons. The fourth-order valence-electron chi connectivity index (χ4n) is 2.38. The molecule has 0 unspecified atom stereocenters. The molecule has 2 aromatic heterocycles. The van der Waals surface area contributed by atoms with Gasteiger partial charge in [-0.1, -0.05) is 0 Å². The van der Waals surface area contributed by atoms with E-state index in [9.17, 15) is 26.3 Å². The summed E-state index contributed by atoms with van der Waals surface area (Å²) >= 11 is 0. The molecular formula is C14H8F6N8. The number of aromatic nitrogens is 4. The molecule has 0 fully saturated rings. The Morgan fingerprint density at radius 3 is 2.39 bits per heavy atom. The summed E-state index contributed by atoms with van der Waals surface area (Å²) in [6.07, 6.45) is -3.82. The van der Waals surface area contributed by atoms with Gasteiger partial charge in [0.1, 0.15) is 41.5 Å². The van der Waals surface area contributed by atoms with Gasteiger partial charge in [0.2, 0.25) is 0 Å². The van der Waals surface area contributed by atoms with Crippen molar-refractivity contribution in [2.75, 3.05) is 5.32 Å². The largest absolute Gasteiger partial charge is 0.408 e. The van der Waals surface area contributed by atoms with E-state index in [-0.39, 0.29) is 5.78 Å². The first-order chi connectivity index (χ1) is 13.1. The maximum absolute atomic E-state index is 14.4. The zero-order chi connectivity index (χ0) is 20.6. The topological polar surface area (TPSA) is 104 Å². The standard InChI is InChI=1S/C14H8F6N8/c1-5(14(18,19)20)24-12-10(9-7(16)2-6(15)3-8(9)17)11(26-27-21)25-13-22-4-23-28(12)13/h2-5,24H,1H3/t5-/m0/s1. The molecule has 14 heteroatoms. The van der Waals surface area contributed by atoms with Crippen LogP contribution in [0.25, 0.3) is 27.3 Å². The molecule has 3 rings (SSSR count). The van der Waals surface area contributed by atoms with Crippen LogP contribution < -0.4 is 5.32 Å². The molecular weight excluding hydrogens is 394 g/mol. The predicted molar refractivity (Wildman–Crippen MR) is 84.0 cm³/mol. The number of nitrogens with one attached hydrogen (secondary N) is 1. The van der Waals surface area contributed by atoms with Gasteiger partial charge in [0, 0.05) is 17.0 Å². The Balaban J connectivity index is 2.41. The maximum Gasteiger partial charge on any atom is 0.408 e. The molecule has 1 N–H and O–H groups in total. The highest BCUT2D eigenvalue weighted by Crippen LogP contribution is 2.40. The van der Waals surface area contributed by atoms with Crippen LogP contribution in [0.2, 0.25) is 0 Å². The minimum atomic E-state index is -4.74. The van der Waals surface area contributed by atoms with Crippen molar-refractivity contribution in [1.82, 2.24) is 19.6 Å². The normalized spacial score (nSPS) is 12.7. The van der Waals surface area contributed by atoms with E-state index in [0.29, 0.717) is 12.1 Å². The summed E-state index contributed by atoms with van der Waals surface area (Å²) in [6, 6.07) is -1.56. The average molecular weight is 402 g/mol. The highest BCUT2D eigenvalue weighted by molar-refractivity contribution is 5.85. The number of hydrogen-bond acceptors (Lipinski definition) is 5. The Morgan fingerprint density at radius 2 is 1.82 bits per heavy atom. The summed E-state index contributed by atoms with van der Waals surface area (Å²) in [4.78, 5) is 9.90. The van der Waals surface area contributed by atoms with Crippen LogP contribution in [0.4, 0.5) is 38.0 Å². The molecule has 3 aromatic rings. The van der Waals surface area contributed by atoms with Crippen molar-refractivity contribution in [3.05, 3.63) is 46.4 Å². The SMILES string of the molecule is C[C@H](Nc1c(-c2c(F)cc(F)cc2F)c(N=[N+]=[N-])nc2ncnn12)C(F)(F)F. The van der Waals surface area contributed by atoms with E-state index >= 15 is 0 Å². The third-order valence-electron chi connectivity index (χ3n) is 3.65. The van der Waals surface area contributed by atoms with Crippen LogP contribution in [0, 0.1) is 17.5 Å². The molecule has 0 aliphatic rings. The van der Waals surface area contributed by atoms with Gasteiger partial charge in [0.05, 0.1) is 11.1 Å². The van der Waals surface area contributed by atoms with Crippen LogP contribution in [-0.4, -0.2) is 31.8 Å². The monoisotopic (exact) mass is 402 g/mol. The van der Waals surface area contributed by atoms with E-state index < -0.39 is 52.4 Å². The Bertz CT molecular complexity index is 1080. The summed E-state index contributed by atoms with van der Waals surface area (Å²) in [5.41, 5.74) is 7.09. The van der Waals surface area contributed by atoms with Crippen molar-refractivity contribution >= 4 is 17.4 Å². The number of rotatable bonds is 4. The van der Waals surface area contributed by atoms with Crippen molar-refractivity contribution < 1.29 is 26.3 Å². The zero-order valence-corrected chi connectivity index (χ0v) is 13.7. The van der Waals surface area contributed by atoms with Gasteiger partial charge in [-0.3, -0.25) is 0 Å². The number of anilines is 1. The van der Waals surface area contributed by atoms with Gasteiger partial charge < -0.3 is 5.32 Å². The fourth-order valence-corrected chi connectivity index (χ4v) is 2.38. The number of hydrogen-bond donors (Lipinski definition) is 1. The van der Waals surface area contributed by atoms with Crippen LogP contribution in [0.5, 0.6) is 0 Å². The number of fused-ring (bicyclic) bond motifs is 1. The molecule has 0 spiro atoms. The molecule has 0 saturated heterocycles. The molecule has 0 aliphatic carbocycles. The van der Waals surface area contributed by atoms with Crippen molar-refractivity contribution in [2.45, 2.75) is 19.1 Å². The second kappa shape index (κ2) is 6.88. The first-order valence-electron chi connectivity index (χ1n) is 7.40. The van der Waals surface area contributed by atoms with Gasteiger partial charge in [-0.25, -0.2) is 18.2 Å². The molecule has 1 atom stereocenters. The zero-order valence-electron chi connectivity index (χ0n) is 13.7.